The molecule has 0 radical (unpaired) electrons. The predicted molar refractivity (Wildman–Crippen MR) is 118 cm³/mol. The van der Waals surface area contributed by atoms with E-state index >= 15 is 0 Å². The van der Waals surface area contributed by atoms with E-state index in [0.717, 1.165) is 32.6 Å². The minimum Gasteiger partial charge on any atom is -0.398 e. The van der Waals surface area contributed by atoms with Crippen molar-refractivity contribution in [1.29, 1.82) is 0 Å². The fraction of sp³-hybridized carbons (Fsp3) is 0.667. The number of nitrogen functional groups attached to an aromatic ring is 2. The highest BCUT2D eigenvalue weighted by Gasteiger charge is 2.52. The molecule has 2 unspecified atom stereocenters. The molecule has 0 heterocycles. The molecular formula is C18H36N2O6Si2. The fourth-order valence-electron chi connectivity index (χ4n) is 3.99. The number of anilines is 2. The van der Waals surface area contributed by atoms with E-state index in [1.54, 1.807) is 54.8 Å². The van der Waals surface area contributed by atoms with Crippen molar-refractivity contribution in [3.8, 4) is 0 Å². The maximum absolute atomic E-state index is 6.46. The SMILES string of the molecule is COC(C[SiH3])C(OC)(OC)c1c(N)ccc(N)c1C(OC)(OC)C(C[SiH3])OC. The normalized spacial score (nSPS) is 15.1. The van der Waals surface area contributed by atoms with Crippen LogP contribution in [-0.2, 0) is 40.0 Å². The van der Waals surface area contributed by atoms with Gasteiger partial charge in [-0.15, -0.1) is 0 Å². The van der Waals surface area contributed by atoms with Crippen LogP contribution in [0.25, 0.3) is 0 Å². The molecule has 0 aliphatic heterocycles. The van der Waals surface area contributed by atoms with Gasteiger partial charge in [-0.2, -0.15) is 0 Å². The number of ether oxygens (including phenoxy) is 6. The number of benzene rings is 1. The Kier molecular flexibility index (Phi) is 9.57. The maximum Gasteiger partial charge on any atom is 0.223 e. The lowest BCUT2D eigenvalue weighted by molar-refractivity contribution is -0.285. The van der Waals surface area contributed by atoms with Gasteiger partial charge in [-0.3, -0.25) is 0 Å². The predicted octanol–water partition coefficient (Wildman–Crippen LogP) is -0.660. The first-order valence-electron chi connectivity index (χ1n) is 9.28. The van der Waals surface area contributed by atoms with Gasteiger partial charge in [0.05, 0.1) is 0 Å². The van der Waals surface area contributed by atoms with E-state index in [0.29, 0.717) is 22.5 Å². The van der Waals surface area contributed by atoms with Gasteiger partial charge in [-0.05, 0) is 24.2 Å². The number of methoxy groups -OCH3 is 6. The molecule has 162 valence electrons. The molecule has 1 rings (SSSR count). The third-order valence-electron chi connectivity index (χ3n) is 5.34. The summed E-state index contributed by atoms with van der Waals surface area (Å²) in [5.41, 5.74) is 14.9. The van der Waals surface area contributed by atoms with Crippen LogP contribution in [0.5, 0.6) is 0 Å². The molecule has 0 saturated heterocycles. The van der Waals surface area contributed by atoms with Crippen molar-refractivity contribution in [3.63, 3.8) is 0 Å². The molecule has 10 heteroatoms. The van der Waals surface area contributed by atoms with Crippen LogP contribution < -0.4 is 11.5 Å². The van der Waals surface area contributed by atoms with Crippen LogP contribution in [0.1, 0.15) is 11.1 Å². The first-order chi connectivity index (χ1) is 13.3. The van der Waals surface area contributed by atoms with Crippen molar-refractivity contribution in [3.05, 3.63) is 23.3 Å². The zero-order valence-electron chi connectivity index (χ0n) is 18.3. The molecule has 1 aromatic carbocycles. The Morgan fingerprint density at radius 1 is 0.714 bits per heavy atom. The summed E-state index contributed by atoms with van der Waals surface area (Å²) in [5.74, 6) is -2.59. The molecule has 4 N–H and O–H groups in total. The first kappa shape index (κ1) is 25.1. The van der Waals surface area contributed by atoms with Gasteiger partial charge in [0.1, 0.15) is 12.2 Å². The Balaban J connectivity index is 4.05. The van der Waals surface area contributed by atoms with Crippen molar-refractivity contribution < 1.29 is 28.4 Å². The van der Waals surface area contributed by atoms with Gasteiger partial charge >= 0.3 is 0 Å². The van der Waals surface area contributed by atoms with Gasteiger partial charge in [0, 0.05) is 85.6 Å². The summed E-state index contributed by atoms with van der Waals surface area (Å²) in [6.45, 7) is 0. The second kappa shape index (κ2) is 10.7. The van der Waals surface area contributed by atoms with Crippen molar-refractivity contribution in [2.24, 2.45) is 0 Å². The summed E-state index contributed by atoms with van der Waals surface area (Å²) in [4.78, 5) is 0. The van der Waals surface area contributed by atoms with Gasteiger partial charge in [0.2, 0.25) is 11.6 Å². The highest BCUT2D eigenvalue weighted by Crippen LogP contribution is 2.47. The molecule has 0 aliphatic rings. The zero-order valence-corrected chi connectivity index (χ0v) is 22.3. The molecule has 0 bridgehead atoms. The number of rotatable bonds is 12. The lowest BCUT2D eigenvalue weighted by Gasteiger charge is -2.44. The summed E-state index contributed by atoms with van der Waals surface area (Å²) in [5, 5.41) is 0. The van der Waals surface area contributed by atoms with Crippen LogP contribution in [0, 0.1) is 0 Å². The second-order valence-electron chi connectivity index (χ2n) is 6.41. The van der Waals surface area contributed by atoms with Crippen LogP contribution in [0.15, 0.2) is 12.1 Å². The summed E-state index contributed by atoms with van der Waals surface area (Å²) in [6, 6.07) is 4.93. The van der Waals surface area contributed by atoms with Crippen molar-refractivity contribution in [2.75, 3.05) is 54.1 Å². The monoisotopic (exact) mass is 432 g/mol. The Hall–Kier alpha value is -0.986. The van der Waals surface area contributed by atoms with E-state index in [9.17, 15) is 0 Å². The van der Waals surface area contributed by atoms with Gasteiger partial charge in [0.25, 0.3) is 0 Å². The van der Waals surface area contributed by atoms with E-state index in [2.05, 4.69) is 0 Å². The van der Waals surface area contributed by atoms with Crippen LogP contribution in [0.2, 0.25) is 12.1 Å². The van der Waals surface area contributed by atoms with Crippen LogP contribution in [0.3, 0.4) is 0 Å². The zero-order chi connectivity index (χ0) is 21.5. The van der Waals surface area contributed by atoms with Gasteiger partial charge in [-0.1, -0.05) is 0 Å². The maximum atomic E-state index is 6.46. The lowest BCUT2D eigenvalue weighted by atomic mass is 9.85. The van der Waals surface area contributed by atoms with Gasteiger partial charge in [0.15, 0.2) is 0 Å². The van der Waals surface area contributed by atoms with Crippen molar-refractivity contribution in [1.82, 2.24) is 0 Å². The van der Waals surface area contributed by atoms with Crippen LogP contribution in [0.4, 0.5) is 11.4 Å². The minimum atomic E-state index is -1.29. The van der Waals surface area contributed by atoms with Gasteiger partial charge < -0.3 is 39.9 Å². The average molecular weight is 433 g/mol. The standard InChI is InChI=1S/C18H36N2O6Si2/c1-21-13(9-27)17(23-3,24-4)15-11(19)7-8-12(20)16(15)18(25-5,26-6)14(10-28)22-2/h7-8,13-14H,9-10,19-20H2,1-6,27-28H3. The Morgan fingerprint density at radius 2 is 1.00 bits per heavy atom. The molecule has 2 atom stereocenters. The third-order valence-corrected chi connectivity index (χ3v) is 6.82. The molecule has 0 aromatic heterocycles. The molecule has 1 aromatic rings. The molecule has 8 nitrogen and oxygen atoms in total. The largest absolute Gasteiger partial charge is 0.398 e. The van der Waals surface area contributed by atoms with E-state index in [-0.39, 0.29) is 0 Å². The lowest BCUT2D eigenvalue weighted by Crippen LogP contribution is -2.50. The van der Waals surface area contributed by atoms with Crippen LogP contribution in [-0.4, -0.2) is 75.4 Å². The number of hydrogen-bond donors (Lipinski definition) is 2. The number of hydrogen-bond acceptors (Lipinski definition) is 8. The summed E-state index contributed by atoms with van der Waals surface area (Å²) >= 11 is 0. The average Bonchev–Trinajstić information content (AvgIpc) is 2.72. The van der Waals surface area contributed by atoms with Crippen molar-refractivity contribution in [2.45, 2.75) is 35.9 Å². The fourth-order valence-corrected chi connectivity index (χ4v) is 5.73. The highest BCUT2D eigenvalue weighted by atomic mass is 28.1. The highest BCUT2D eigenvalue weighted by molar-refractivity contribution is 6.09. The quantitative estimate of drug-likeness (QED) is 0.255. The summed E-state index contributed by atoms with van der Waals surface area (Å²) < 4.78 is 35.1. The number of nitrogens with two attached hydrogens (primary N) is 2. The van der Waals surface area contributed by atoms with Crippen molar-refractivity contribution >= 4 is 31.9 Å². The Bertz CT molecular complexity index is 565. The van der Waals surface area contributed by atoms with E-state index in [4.69, 9.17) is 39.9 Å². The molecule has 0 aliphatic carbocycles. The molecule has 28 heavy (non-hydrogen) atoms. The van der Waals surface area contributed by atoms with E-state index in [1.165, 1.54) is 0 Å². The third kappa shape index (κ3) is 4.00. The Labute approximate surface area is 174 Å². The van der Waals surface area contributed by atoms with E-state index < -0.39 is 23.8 Å². The molecule has 0 saturated carbocycles. The second-order valence-corrected chi connectivity index (χ2v) is 8.04. The first-order valence-corrected chi connectivity index (χ1v) is 12.1. The van der Waals surface area contributed by atoms with Crippen LogP contribution >= 0.6 is 0 Å². The smallest absolute Gasteiger partial charge is 0.223 e. The topological polar surface area (TPSA) is 107 Å². The molecular weight excluding hydrogens is 396 g/mol. The van der Waals surface area contributed by atoms with E-state index in [1.807, 2.05) is 0 Å². The van der Waals surface area contributed by atoms with Gasteiger partial charge in [-0.25, -0.2) is 0 Å². The molecule has 0 amide bonds. The molecule has 0 fully saturated rings. The summed E-state index contributed by atoms with van der Waals surface area (Å²) in [6.07, 6.45) is -0.805. The summed E-state index contributed by atoms with van der Waals surface area (Å²) in [7, 11) is 11.2. The molecule has 0 spiro atoms. The minimum absolute atomic E-state index is 0.402. The Morgan fingerprint density at radius 3 is 1.18 bits per heavy atom.